The van der Waals surface area contributed by atoms with E-state index in [2.05, 4.69) is 57.7 Å². The maximum atomic E-state index is 8.42. The van der Waals surface area contributed by atoms with Gasteiger partial charge in [0.1, 0.15) is 0 Å². The molecule has 0 atom stereocenters. The lowest BCUT2D eigenvalue weighted by molar-refractivity contribution is -0.689. The van der Waals surface area contributed by atoms with Crippen molar-refractivity contribution in [3.8, 4) is 0 Å². The fraction of sp³-hybridized carbons (Fsp3) is 0.250. The lowest BCUT2D eigenvalue weighted by atomic mass is 10.2. The minimum Gasteiger partial charge on any atom is -1.00 e. The van der Waals surface area contributed by atoms with Crippen LogP contribution in [-0.4, -0.2) is 11.7 Å². The summed E-state index contributed by atoms with van der Waals surface area (Å²) in [6.07, 6.45) is 2.62. The second-order valence-corrected chi connectivity index (χ2v) is 6.30. The van der Waals surface area contributed by atoms with Crippen molar-refractivity contribution in [3.63, 3.8) is 0 Å². The number of nitrogens with zero attached hydrogens (tertiary/aromatic N) is 1. The molecule has 0 saturated heterocycles. The SMILES string of the molecule is Cc1csc[n+]1Cc1ccccc1.OCCc1[nH+]ccs1.[Cl-].[Cl-]. The second kappa shape index (κ2) is 12.4. The highest BCUT2D eigenvalue weighted by Crippen LogP contribution is 2.01. The van der Waals surface area contributed by atoms with Gasteiger partial charge in [-0.1, -0.05) is 53.0 Å². The van der Waals surface area contributed by atoms with Gasteiger partial charge in [-0.25, -0.2) is 4.98 Å². The molecule has 0 aliphatic heterocycles. The van der Waals surface area contributed by atoms with Crippen LogP contribution in [0.3, 0.4) is 0 Å². The summed E-state index contributed by atoms with van der Waals surface area (Å²) in [6.45, 7) is 3.35. The number of thiazole rings is 2. The van der Waals surface area contributed by atoms with Gasteiger partial charge < -0.3 is 29.9 Å². The first kappa shape index (κ1) is 22.0. The van der Waals surface area contributed by atoms with E-state index in [0.717, 1.165) is 18.0 Å². The molecule has 3 rings (SSSR count). The molecule has 0 aliphatic rings. The van der Waals surface area contributed by atoms with E-state index in [4.69, 9.17) is 5.11 Å². The lowest BCUT2D eigenvalue weighted by Crippen LogP contribution is -3.00. The standard InChI is InChI=1S/C11H12NS.C5H7NOS.2ClH/c1-10-8-13-9-12(10)7-11-5-3-2-4-6-11;7-3-1-5-6-2-4-8-5;;/h2-6,8-9H,7H2,1H3;2,4,7H,1,3H2;2*1H/q+1;;;/p-1. The van der Waals surface area contributed by atoms with Gasteiger partial charge in [0.2, 0.25) is 10.5 Å². The summed E-state index contributed by atoms with van der Waals surface area (Å²) in [5, 5.41) is 13.7. The highest BCUT2D eigenvalue weighted by Gasteiger charge is 2.06. The Hall–Kier alpha value is -0.980. The zero-order valence-electron chi connectivity index (χ0n) is 12.8. The normalized spacial score (nSPS) is 9.13. The van der Waals surface area contributed by atoms with Gasteiger partial charge in [0, 0.05) is 12.5 Å². The van der Waals surface area contributed by atoms with E-state index in [9.17, 15) is 0 Å². The fourth-order valence-electron chi connectivity index (χ4n) is 1.81. The van der Waals surface area contributed by atoms with Crippen molar-refractivity contribution in [2.75, 3.05) is 6.61 Å². The molecule has 0 amide bonds. The van der Waals surface area contributed by atoms with Crippen LogP contribution in [0.5, 0.6) is 0 Å². The van der Waals surface area contributed by atoms with Gasteiger partial charge >= 0.3 is 0 Å². The number of halogens is 2. The number of rotatable bonds is 4. The Morgan fingerprint density at radius 1 is 1.17 bits per heavy atom. The smallest absolute Gasteiger partial charge is 0.237 e. The van der Waals surface area contributed by atoms with Crippen LogP contribution in [0.4, 0.5) is 0 Å². The van der Waals surface area contributed by atoms with E-state index in [-0.39, 0.29) is 31.4 Å². The van der Waals surface area contributed by atoms with Crippen LogP contribution in [0.25, 0.3) is 0 Å². The summed E-state index contributed by atoms with van der Waals surface area (Å²) >= 11 is 3.38. The predicted octanol–water partition coefficient (Wildman–Crippen LogP) is -3.50. The first-order valence-corrected chi connectivity index (χ1v) is 8.63. The average Bonchev–Trinajstić information content (AvgIpc) is 3.14. The summed E-state index contributed by atoms with van der Waals surface area (Å²) in [7, 11) is 0. The van der Waals surface area contributed by atoms with Gasteiger partial charge in [-0.3, -0.25) is 0 Å². The maximum Gasteiger partial charge on any atom is 0.237 e. The molecule has 0 unspecified atom stereocenters. The number of hydrogen-bond acceptors (Lipinski definition) is 3. The van der Waals surface area contributed by atoms with Crippen molar-refractivity contribution in [2.24, 2.45) is 0 Å². The molecule has 0 bridgehead atoms. The Labute approximate surface area is 157 Å². The van der Waals surface area contributed by atoms with Crippen LogP contribution >= 0.6 is 22.7 Å². The maximum absolute atomic E-state index is 8.42. The van der Waals surface area contributed by atoms with E-state index < -0.39 is 0 Å². The zero-order chi connectivity index (χ0) is 14.9. The van der Waals surface area contributed by atoms with Crippen LogP contribution in [-0.2, 0) is 13.0 Å². The van der Waals surface area contributed by atoms with Crippen molar-refractivity contribution in [2.45, 2.75) is 19.9 Å². The molecule has 2 N–H and O–H groups in total. The zero-order valence-corrected chi connectivity index (χ0v) is 15.9. The topological polar surface area (TPSA) is 38.2 Å². The molecule has 7 heteroatoms. The summed E-state index contributed by atoms with van der Waals surface area (Å²) < 4.78 is 2.26. The van der Waals surface area contributed by atoms with Crippen molar-refractivity contribution in [1.29, 1.82) is 0 Å². The minimum atomic E-state index is 0. The highest BCUT2D eigenvalue weighted by atomic mass is 35.5. The molecule has 23 heavy (non-hydrogen) atoms. The van der Waals surface area contributed by atoms with Crippen molar-refractivity contribution >= 4 is 22.7 Å². The van der Waals surface area contributed by atoms with Gasteiger partial charge in [0.15, 0.2) is 18.4 Å². The molecule has 0 fully saturated rings. The molecular weight excluding hydrogens is 371 g/mol. The van der Waals surface area contributed by atoms with Crippen LogP contribution in [0.15, 0.2) is 52.8 Å². The summed E-state index contributed by atoms with van der Waals surface area (Å²) in [6, 6.07) is 10.5. The number of aryl methyl sites for hydroxylation is 1. The number of aliphatic hydroxyl groups is 1. The molecule has 0 spiro atoms. The molecule has 2 heterocycles. The van der Waals surface area contributed by atoms with Crippen LogP contribution in [0.2, 0.25) is 0 Å². The summed E-state index contributed by atoms with van der Waals surface area (Å²) in [4.78, 5) is 3.00. The van der Waals surface area contributed by atoms with E-state index in [1.165, 1.54) is 11.3 Å². The first-order chi connectivity index (χ1) is 10.3. The number of H-pyrrole nitrogens is 1. The number of aromatic nitrogens is 2. The van der Waals surface area contributed by atoms with Crippen molar-refractivity contribution < 1.29 is 39.5 Å². The largest absolute Gasteiger partial charge is 1.00 e. The van der Waals surface area contributed by atoms with E-state index >= 15 is 0 Å². The number of hydrogen-bond donors (Lipinski definition) is 1. The summed E-state index contributed by atoms with van der Waals surface area (Å²) in [5.41, 5.74) is 4.84. The fourth-order valence-corrected chi connectivity index (χ4v) is 3.23. The second-order valence-electron chi connectivity index (χ2n) is 4.58. The predicted molar refractivity (Wildman–Crippen MR) is 86.5 cm³/mol. The van der Waals surface area contributed by atoms with E-state index in [0.29, 0.717) is 0 Å². The lowest BCUT2D eigenvalue weighted by Gasteiger charge is -1.95. The number of aromatic amines is 1. The minimum absolute atomic E-state index is 0. The van der Waals surface area contributed by atoms with E-state index in [1.54, 1.807) is 22.7 Å². The highest BCUT2D eigenvalue weighted by molar-refractivity contribution is 7.09. The number of aliphatic hydroxyl groups excluding tert-OH is 1. The van der Waals surface area contributed by atoms with Crippen LogP contribution < -0.4 is 34.4 Å². The van der Waals surface area contributed by atoms with E-state index in [1.807, 2.05) is 11.6 Å². The third-order valence-electron chi connectivity index (χ3n) is 2.94. The van der Waals surface area contributed by atoms with Gasteiger partial charge in [-0.05, 0) is 0 Å². The monoisotopic (exact) mass is 390 g/mol. The Kier molecular flexibility index (Phi) is 11.9. The van der Waals surface area contributed by atoms with Gasteiger partial charge in [-0.2, -0.15) is 4.57 Å². The van der Waals surface area contributed by atoms with Crippen molar-refractivity contribution in [1.82, 2.24) is 0 Å². The molecule has 126 valence electrons. The number of nitrogens with one attached hydrogen (secondary N) is 1. The molecule has 3 nitrogen and oxygen atoms in total. The molecule has 0 aliphatic carbocycles. The molecule has 3 aromatic rings. The van der Waals surface area contributed by atoms with Gasteiger partial charge in [-0.15, -0.1) is 0 Å². The van der Waals surface area contributed by atoms with Crippen LogP contribution in [0.1, 0.15) is 16.3 Å². The Bertz CT molecular complexity index is 631. The van der Waals surface area contributed by atoms with Gasteiger partial charge in [0.05, 0.1) is 23.8 Å². The molecule has 0 radical (unpaired) electrons. The Balaban J connectivity index is 0.000000425. The van der Waals surface area contributed by atoms with Crippen LogP contribution in [0, 0.1) is 6.92 Å². The Morgan fingerprint density at radius 3 is 2.43 bits per heavy atom. The Morgan fingerprint density at radius 2 is 1.91 bits per heavy atom. The summed E-state index contributed by atoms with van der Waals surface area (Å²) in [5.74, 6) is 0. The quantitative estimate of drug-likeness (QED) is 0.461. The third kappa shape index (κ3) is 7.90. The average molecular weight is 391 g/mol. The molecule has 2 aromatic heterocycles. The van der Waals surface area contributed by atoms with Crippen molar-refractivity contribution in [3.05, 3.63) is 69.1 Å². The molecular formula is C16H20Cl2N2OS2. The molecule has 0 saturated carbocycles. The number of benzene rings is 1. The molecule has 1 aromatic carbocycles. The van der Waals surface area contributed by atoms with Gasteiger partial charge in [0.25, 0.3) is 0 Å². The third-order valence-corrected chi connectivity index (χ3v) is 4.67. The first-order valence-electron chi connectivity index (χ1n) is 6.80.